The van der Waals surface area contributed by atoms with E-state index in [9.17, 15) is 0 Å². The first-order valence-corrected chi connectivity index (χ1v) is 20.2. The van der Waals surface area contributed by atoms with Crippen molar-refractivity contribution in [1.82, 2.24) is 4.57 Å². The van der Waals surface area contributed by atoms with E-state index >= 15 is 0 Å². The van der Waals surface area contributed by atoms with Crippen LogP contribution < -0.4 is 4.90 Å². The fourth-order valence-corrected chi connectivity index (χ4v) is 8.91. The Morgan fingerprint density at radius 2 is 1.41 bits per heavy atom. The molecule has 0 amide bonds. The van der Waals surface area contributed by atoms with Gasteiger partial charge in [-0.25, -0.2) is 0 Å². The van der Waals surface area contributed by atoms with Crippen molar-refractivity contribution in [1.29, 1.82) is 0 Å². The van der Waals surface area contributed by atoms with Crippen molar-refractivity contribution in [2.45, 2.75) is 73.6 Å². The highest BCUT2D eigenvalue weighted by molar-refractivity contribution is 5.93. The molecule has 2 aliphatic rings. The van der Waals surface area contributed by atoms with Gasteiger partial charge in [0.05, 0.1) is 10.9 Å². The Bertz CT molecular complexity index is 2480. The minimum atomic E-state index is -0.393. The molecule has 0 fully saturated rings. The highest BCUT2D eigenvalue weighted by Gasteiger charge is 2.44. The molecule has 4 aromatic carbocycles. The van der Waals surface area contributed by atoms with Gasteiger partial charge in [0.1, 0.15) is 0 Å². The molecule has 0 bridgehead atoms. The van der Waals surface area contributed by atoms with E-state index in [1.807, 2.05) is 6.08 Å². The van der Waals surface area contributed by atoms with Gasteiger partial charge in [-0.2, -0.15) is 0 Å². The van der Waals surface area contributed by atoms with Crippen molar-refractivity contribution >= 4 is 28.4 Å². The van der Waals surface area contributed by atoms with Crippen molar-refractivity contribution in [3.05, 3.63) is 214 Å². The molecule has 0 N–H and O–H groups in total. The third-order valence-corrected chi connectivity index (χ3v) is 12.0. The molecule has 56 heavy (non-hydrogen) atoms. The predicted molar refractivity (Wildman–Crippen MR) is 243 cm³/mol. The van der Waals surface area contributed by atoms with Crippen molar-refractivity contribution in [2.24, 2.45) is 5.92 Å². The summed E-state index contributed by atoms with van der Waals surface area (Å²) in [7, 11) is 0. The molecular weight excluding hydrogens is 677 g/mol. The Kier molecular flexibility index (Phi) is 11.0. The summed E-state index contributed by atoms with van der Waals surface area (Å²) in [5, 5.41) is 1.31. The van der Waals surface area contributed by atoms with Crippen LogP contribution in [0.4, 0.5) is 11.4 Å². The normalized spacial score (nSPS) is 18.4. The average molecular weight is 733 g/mol. The van der Waals surface area contributed by atoms with Gasteiger partial charge in [0, 0.05) is 39.4 Å². The second-order valence-electron chi connectivity index (χ2n) is 15.6. The Hall–Kier alpha value is -5.86. The molecule has 2 atom stereocenters. The lowest BCUT2D eigenvalue weighted by Gasteiger charge is -2.36. The molecule has 2 heteroatoms. The second kappa shape index (κ2) is 16.1. The molecule has 1 aromatic heterocycles. The van der Waals surface area contributed by atoms with Crippen LogP contribution in [0.1, 0.15) is 84.2 Å². The van der Waals surface area contributed by atoms with Crippen molar-refractivity contribution in [3.8, 4) is 5.69 Å². The Balaban J connectivity index is 1.38. The Morgan fingerprint density at radius 3 is 2.04 bits per heavy atom. The summed E-state index contributed by atoms with van der Waals surface area (Å²) >= 11 is 0. The number of allylic oxidation sites excluding steroid dienone is 13. The lowest BCUT2D eigenvalue weighted by molar-refractivity contribution is 0.690. The maximum Gasteiger partial charge on any atom is 0.0634 e. The van der Waals surface area contributed by atoms with Gasteiger partial charge >= 0.3 is 0 Å². The van der Waals surface area contributed by atoms with E-state index in [4.69, 9.17) is 0 Å². The number of aromatic nitrogens is 1. The van der Waals surface area contributed by atoms with E-state index in [0.717, 1.165) is 29.9 Å². The van der Waals surface area contributed by atoms with Gasteiger partial charge in [-0.1, -0.05) is 129 Å². The average Bonchev–Trinajstić information content (AvgIpc) is 3.65. The third kappa shape index (κ3) is 6.62. The molecule has 282 valence electrons. The minimum absolute atomic E-state index is 0.393. The van der Waals surface area contributed by atoms with Crippen molar-refractivity contribution in [3.63, 3.8) is 0 Å². The molecule has 0 saturated heterocycles. The number of rotatable bonds is 11. The molecule has 0 radical (unpaired) electrons. The van der Waals surface area contributed by atoms with Crippen LogP contribution in [0.3, 0.4) is 0 Å². The molecule has 0 saturated carbocycles. The molecule has 2 unspecified atom stereocenters. The quantitative estimate of drug-likeness (QED) is 0.123. The van der Waals surface area contributed by atoms with E-state index in [1.165, 1.54) is 72.4 Å². The molecule has 0 spiro atoms. The number of hydrogen-bond acceptors (Lipinski definition) is 1. The number of hydrogen-bond donors (Lipinski definition) is 0. The van der Waals surface area contributed by atoms with Crippen LogP contribution in [-0.4, -0.2) is 4.57 Å². The summed E-state index contributed by atoms with van der Waals surface area (Å²) < 4.78 is 2.47. The van der Waals surface area contributed by atoms with Crippen molar-refractivity contribution < 1.29 is 0 Å². The van der Waals surface area contributed by atoms with Gasteiger partial charge in [-0.05, 0) is 148 Å². The summed E-state index contributed by atoms with van der Waals surface area (Å²) in [6.45, 7) is 22.1. The van der Waals surface area contributed by atoms with Gasteiger partial charge in [-0.3, -0.25) is 0 Å². The first-order chi connectivity index (χ1) is 27.1. The number of anilines is 2. The molecule has 0 aliphatic heterocycles. The zero-order chi connectivity index (χ0) is 39.6. The topological polar surface area (TPSA) is 8.17 Å². The van der Waals surface area contributed by atoms with Crippen LogP contribution >= 0.6 is 0 Å². The first kappa shape index (κ1) is 38.4. The zero-order valence-electron chi connectivity index (χ0n) is 34.5. The van der Waals surface area contributed by atoms with Gasteiger partial charge in [-0.15, -0.1) is 0 Å². The Morgan fingerprint density at radius 1 is 0.804 bits per heavy atom. The number of nitrogens with zero attached hydrogens (tertiary/aromatic N) is 2. The molecular formula is C54H56N2. The number of fused-ring (bicyclic) bond motifs is 3. The molecule has 2 nitrogen and oxygen atoms in total. The lowest BCUT2D eigenvalue weighted by Crippen LogP contribution is -2.29. The van der Waals surface area contributed by atoms with Gasteiger partial charge in [0.15, 0.2) is 0 Å². The molecule has 7 rings (SSSR count). The molecule has 1 heterocycles. The maximum atomic E-state index is 4.33. The fourth-order valence-electron chi connectivity index (χ4n) is 8.91. The van der Waals surface area contributed by atoms with E-state index in [1.54, 1.807) is 0 Å². The first-order valence-electron chi connectivity index (χ1n) is 20.2. The summed E-state index contributed by atoms with van der Waals surface area (Å²) in [5.41, 5.74) is 18.3. The molecule has 5 aromatic rings. The monoisotopic (exact) mass is 732 g/mol. The van der Waals surface area contributed by atoms with Crippen LogP contribution in [0.15, 0.2) is 191 Å². The largest absolute Gasteiger partial charge is 0.313 e. The van der Waals surface area contributed by atoms with Crippen LogP contribution in [0, 0.1) is 5.92 Å². The Labute approximate surface area is 335 Å². The number of para-hydroxylation sites is 1. The summed E-state index contributed by atoms with van der Waals surface area (Å²) in [6, 6.07) is 38.2. The van der Waals surface area contributed by atoms with Crippen LogP contribution in [0.25, 0.3) is 22.7 Å². The van der Waals surface area contributed by atoms with E-state index < -0.39 is 5.41 Å². The van der Waals surface area contributed by atoms with Gasteiger partial charge in [0.25, 0.3) is 0 Å². The summed E-state index contributed by atoms with van der Waals surface area (Å²) in [4.78, 5) is 2.34. The van der Waals surface area contributed by atoms with Crippen molar-refractivity contribution in [2.75, 3.05) is 4.90 Å². The maximum absolute atomic E-state index is 4.33. The standard InChI is InChI=1S/C54H56N2/c1-10-13-22-49-41(9)54(40(8)48(49)19-11-2,42-20-15-14-16-21-42)43-26-28-45(29-27-43)55(44(12-3)36-39(7)37(4)5)46-30-32-47(33-31-46)56-52-24-18-17-23-50(52)51-34-25-38(6)35-53(51)56/h11-34,36,38H,3,10,35H2,1-2,4-9H3/b19-11-,22-13-,44-36+. The van der Waals surface area contributed by atoms with Crippen LogP contribution in [-0.2, 0) is 11.8 Å². The smallest absolute Gasteiger partial charge is 0.0634 e. The van der Waals surface area contributed by atoms with Crippen LogP contribution in [0.2, 0.25) is 0 Å². The summed E-state index contributed by atoms with van der Waals surface area (Å²) in [6.07, 6.45) is 20.0. The number of benzene rings is 4. The van der Waals surface area contributed by atoms with E-state index in [0.29, 0.717) is 5.92 Å². The highest BCUT2D eigenvalue weighted by atomic mass is 15.1. The zero-order valence-corrected chi connectivity index (χ0v) is 34.5. The predicted octanol–water partition coefficient (Wildman–Crippen LogP) is 14.9. The van der Waals surface area contributed by atoms with Gasteiger partial charge in [0.2, 0.25) is 0 Å². The molecule has 2 aliphatic carbocycles. The third-order valence-electron chi connectivity index (χ3n) is 12.0. The highest BCUT2D eigenvalue weighted by Crippen LogP contribution is 2.54. The lowest BCUT2D eigenvalue weighted by atomic mass is 9.67. The SMILES string of the molecule is C=C/C(=C\C(C)=C(C)C)N(c1ccc(-n2c3c(c4ccccc42)C=CC(C)C3)cc1)c1ccc(C2(c3ccccc3)C(C)=C(/C=C\C)C(/C=C\CC)=C2C)cc1. The minimum Gasteiger partial charge on any atom is -0.313 e. The van der Waals surface area contributed by atoms with Gasteiger partial charge < -0.3 is 9.47 Å². The van der Waals surface area contributed by atoms with Crippen LogP contribution in [0.5, 0.6) is 0 Å². The van der Waals surface area contributed by atoms with E-state index in [-0.39, 0.29) is 0 Å². The fraction of sp³-hybridized carbons (Fsp3) is 0.222. The summed E-state index contributed by atoms with van der Waals surface area (Å²) in [5.74, 6) is 0.500. The second-order valence-corrected chi connectivity index (χ2v) is 15.6. The van der Waals surface area contributed by atoms with E-state index in [2.05, 4.69) is 217 Å².